The summed E-state index contributed by atoms with van der Waals surface area (Å²) >= 11 is 0. The van der Waals surface area contributed by atoms with Crippen molar-refractivity contribution in [2.24, 2.45) is 0 Å². The zero-order valence-corrected chi connectivity index (χ0v) is 19.2. The molecule has 0 spiro atoms. The Morgan fingerprint density at radius 1 is 0.970 bits per heavy atom. The Hall–Kier alpha value is -3.42. The number of carbonyl (C=O) groups is 1. The van der Waals surface area contributed by atoms with Crippen LogP contribution in [-0.4, -0.2) is 42.0 Å². The zero-order valence-electron chi connectivity index (χ0n) is 19.2. The third-order valence-corrected chi connectivity index (χ3v) is 5.75. The minimum Gasteiger partial charge on any atom is -0.496 e. The number of hydrogen-bond acceptors (Lipinski definition) is 7. The van der Waals surface area contributed by atoms with Gasteiger partial charge in [-0.25, -0.2) is 0 Å². The van der Waals surface area contributed by atoms with Gasteiger partial charge in [-0.2, -0.15) is 0 Å². The molecule has 0 bridgehead atoms. The van der Waals surface area contributed by atoms with Crippen LogP contribution in [0.5, 0.6) is 23.0 Å². The van der Waals surface area contributed by atoms with Gasteiger partial charge in [0.05, 0.1) is 43.3 Å². The summed E-state index contributed by atoms with van der Waals surface area (Å²) < 4.78 is 23.4. The van der Waals surface area contributed by atoms with Crippen LogP contribution in [-0.2, 0) is 16.1 Å². The van der Waals surface area contributed by atoms with E-state index in [0.717, 1.165) is 23.3 Å². The Balaban J connectivity index is 1.63. The van der Waals surface area contributed by atoms with Gasteiger partial charge in [0.1, 0.15) is 35.5 Å². The second-order valence-corrected chi connectivity index (χ2v) is 8.30. The third-order valence-electron chi connectivity index (χ3n) is 5.75. The first kappa shape index (κ1) is 22.8. The van der Waals surface area contributed by atoms with Crippen molar-refractivity contribution in [1.29, 1.82) is 0 Å². The molecule has 2 unspecified atom stereocenters. The molecule has 0 N–H and O–H groups in total. The Kier molecular flexibility index (Phi) is 6.62. The summed E-state index contributed by atoms with van der Waals surface area (Å²) in [6, 6.07) is 18.4. The van der Waals surface area contributed by atoms with E-state index in [2.05, 4.69) is 4.98 Å². The van der Waals surface area contributed by atoms with Crippen LogP contribution < -0.4 is 14.2 Å². The maximum atomic E-state index is 12.1. The standard InChI is InChI=1S/C26H28N2O5/c1-26(2)23(17-29)28(25(33-26)24-21(30-3)11-8-12-22(24)31-4)16-18-13-14-20(15-27-18)32-19-9-6-5-7-10-19/h5-15,17,23,25H,16H2,1-4H3. The first-order valence-corrected chi connectivity index (χ1v) is 10.7. The summed E-state index contributed by atoms with van der Waals surface area (Å²) in [7, 11) is 3.21. The van der Waals surface area contributed by atoms with Crippen LogP contribution in [0.2, 0.25) is 0 Å². The summed E-state index contributed by atoms with van der Waals surface area (Å²) in [4.78, 5) is 18.7. The summed E-state index contributed by atoms with van der Waals surface area (Å²) in [5.41, 5.74) is 0.806. The highest BCUT2D eigenvalue weighted by atomic mass is 16.5. The van der Waals surface area contributed by atoms with E-state index in [0.29, 0.717) is 23.8 Å². The second-order valence-electron chi connectivity index (χ2n) is 8.30. The molecule has 172 valence electrons. The Morgan fingerprint density at radius 2 is 1.67 bits per heavy atom. The number of hydrogen-bond donors (Lipinski definition) is 0. The quantitative estimate of drug-likeness (QED) is 0.460. The minimum absolute atomic E-state index is 0.393. The number of carbonyl (C=O) groups excluding carboxylic acids is 1. The van der Waals surface area contributed by atoms with E-state index in [-0.39, 0.29) is 0 Å². The monoisotopic (exact) mass is 448 g/mol. The van der Waals surface area contributed by atoms with Crippen molar-refractivity contribution in [2.45, 2.75) is 38.3 Å². The molecule has 7 nitrogen and oxygen atoms in total. The fraction of sp³-hybridized carbons (Fsp3) is 0.308. The number of ether oxygens (including phenoxy) is 4. The molecular formula is C26H28N2O5. The highest BCUT2D eigenvalue weighted by Gasteiger charge is 2.49. The van der Waals surface area contributed by atoms with E-state index >= 15 is 0 Å². The maximum absolute atomic E-state index is 12.1. The van der Waals surface area contributed by atoms with Crippen molar-refractivity contribution in [3.8, 4) is 23.0 Å². The number of nitrogens with zero attached hydrogens (tertiary/aromatic N) is 2. The van der Waals surface area contributed by atoms with Crippen molar-refractivity contribution >= 4 is 6.29 Å². The molecule has 0 saturated carbocycles. The van der Waals surface area contributed by atoms with E-state index in [1.54, 1.807) is 20.4 Å². The van der Waals surface area contributed by atoms with Gasteiger partial charge in [-0.3, -0.25) is 9.88 Å². The SMILES string of the molecule is COc1cccc(OC)c1C1OC(C)(C)C(C=O)N1Cc1ccc(Oc2ccccc2)cn1. The lowest BCUT2D eigenvalue weighted by atomic mass is 10.00. The van der Waals surface area contributed by atoms with Crippen LogP contribution in [0.25, 0.3) is 0 Å². The van der Waals surface area contributed by atoms with Crippen LogP contribution in [0, 0.1) is 0 Å². The fourth-order valence-corrected chi connectivity index (χ4v) is 4.12. The lowest BCUT2D eigenvalue weighted by Crippen LogP contribution is -2.42. The number of methoxy groups -OCH3 is 2. The Bertz CT molecular complexity index is 1060. The molecule has 1 saturated heterocycles. The number of aromatic nitrogens is 1. The van der Waals surface area contributed by atoms with E-state index in [1.165, 1.54) is 0 Å². The van der Waals surface area contributed by atoms with Gasteiger partial charge in [-0.15, -0.1) is 0 Å². The molecule has 2 aromatic carbocycles. The topological polar surface area (TPSA) is 70.1 Å². The van der Waals surface area contributed by atoms with Crippen molar-refractivity contribution in [3.63, 3.8) is 0 Å². The smallest absolute Gasteiger partial charge is 0.145 e. The highest BCUT2D eigenvalue weighted by molar-refractivity contribution is 5.61. The van der Waals surface area contributed by atoms with Gasteiger partial charge >= 0.3 is 0 Å². The van der Waals surface area contributed by atoms with Crippen LogP contribution in [0.4, 0.5) is 0 Å². The normalized spacial score (nSPS) is 19.8. The van der Waals surface area contributed by atoms with E-state index in [9.17, 15) is 4.79 Å². The van der Waals surface area contributed by atoms with E-state index < -0.39 is 17.9 Å². The number of pyridine rings is 1. The first-order chi connectivity index (χ1) is 16.0. The minimum atomic E-state index is -0.714. The van der Waals surface area contributed by atoms with Crippen LogP contribution >= 0.6 is 0 Å². The van der Waals surface area contributed by atoms with Crippen molar-refractivity contribution in [2.75, 3.05) is 14.2 Å². The van der Waals surface area contributed by atoms with E-state index in [1.807, 2.05) is 79.4 Å². The molecule has 2 atom stereocenters. The number of rotatable bonds is 8. The number of benzene rings is 2. The highest BCUT2D eigenvalue weighted by Crippen LogP contribution is 2.47. The Labute approximate surface area is 193 Å². The lowest BCUT2D eigenvalue weighted by molar-refractivity contribution is -0.113. The third kappa shape index (κ3) is 4.69. The molecular weight excluding hydrogens is 420 g/mol. The molecule has 1 fully saturated rings. The molecule has 0 radical (unpaired) electrons. The maximum Gasteiger partial charge on any atom is 0.145 e. The molecule has 0 amide bonds. The molecule has 33 heavy (non-hydrogen) atoms. The molecule has 2 heterocycles. The molecule has 7 heteroatoms. The number of para-hydroxylation sites is 1. The van der Waals surface area contributed by atoms with E-state index in [4.69, 9.17) is 18.9 Å². The summed E-state index contributed by atoms with van der Waals surface area (Å²) in [5, 5.41) is 0. The zero-order chi connectivity index (χ0) is 23.4. The average molecular weight is 449 g/mol. The average Bonchev–Trinajstić information content (AvgIpc) is 3.09. The molecule has 0 aliphatic carbocycles. The lowest BCUT2D eigenvalue weighted by Gasteiger charge is -2.28. The van der Waals surface area contributed by atoms with Gasteiger partial charge < -0.3 is 23.7 Å². The summed E-state index contributed by atoms with van der Waals surface area (Å²) in [5.74, 6) is 2.64. The molecule has 4 rings (SSSR count). The van der Waals surface area contributed by atoms with Crippen molar-refractivity contribution in [3.05, 3.63) is 78.1 Å². The summed E-state index contributed by atoms with van der Waals surface area (Å²) in [6.45, 7) is 4.21. The molecule has 1 aromatic heterocycles. The Morgan fingerprint density at radius 3 is 2.24 bits per heavy atom. The fourth-order valence-electron chi connectivity index (χ4n) is 4.12. The van der Waals surface area contributed by atoms with Crippen LogP contribution in [0.3, 0.4) is 0 Å². The summed E-state index contributed by atoms with van der Waals surface area (Å²) in [6.07, 6.45) is 2.05. The van der Waals surface area contributed by atoms with Gasteiger partial charge in [0.25, 0.3) is 0 Å². The molecule has 1 aliphatic rings. The van der Waals surface area contributed by atoms with Crippen molar-refractivity contribution < 1.29 is 23.7 Å². The largest absolute Gasteiger partial charge is 0.496 e. The number of aldehydes is 1. The molecule has 1 aliphatic heterocycles. The molecule has 3 aromatic rings. The van der Waals surface area contributed by atoms with Gasteiger partial charge in [-0.05, 0) is 50.2 Å². The van der Waals surface area contributed by atoms with Gasteiger partial charge in [0.2, 0.25) is 0 Å². The van der Waals surface area contributed by atoms with Gasteiger partial charge in [0.15, 0.2) is 0 Å². The van der Waals surface area contributed by atoms with Crippen LogP contribution in [0.15, 0.2) is 66.9 Å². The predicted octanol–water partition coefficient (Wildman–Crippen LogP) is 4.77. The van der Waals surface area contributed by atoms with Crippen LogP contribution in [0.1, 0.15) is 31.3 Å². The van der Waals surface area contributed by atoms with Crippen molar-refractivity contribution in [1.82, 2.24) is 9.88 Å². The first-order valence-electron chi connectivity index (χ1n) is 10.7. The van der Waals surface area contributed by atoms with Gasteiger partial charge in [-0.1, -0.05) is 24.3 Å². The predicted molar refractivity (Wildman–Crippen MR) is 124 cm³/mol. The second kappa shape index (κ2) is 9.60. The van der Waals surface area contributed by atoms with Gasteiger partial charge in [0, 0.05) is 6.54 Å².